The van der Waals surface area contributed by atoms with Gasteiger partial charge >= 0.3 is 323 Å². The number of carbonyl (C=O) groups is 2. The van der Waals surface area contributed by atoms with E-state index in [2.05, 4.69) is 151 Å². The molecule has 4 aromatic heterocycles. The molecule has 0 fully saturated rings. The summed E-state index contributed by atoms with van der Waals surface area (Å²) in [5.41, 5.74) is 11.4. The third kappa shape index (κ3) is 16.8. The Morgan fingerprint density at radius 1 is 0.588 bits per heavy atom. The molecular formula is C58H60Ir2N2O4Se2-2. The van der Waals surface area contributed by atoms with Crippen molar-refractivity contribution in [2.75, 3.05) is 0 Å². The van der Waals surface area contributed by atoms with Gasteiger partial charge in [0.05, 0.1) is 11.5 Å². The number of nitrogens with zero attached hydrogens (tertiary/aromatic N) is 2. The van der Waals surface area contributed by atoms with E-state index in [0.29, 0.717) is 40.8 Å². The summed E-state index contributed by atoms with van der Waals surface area (Å²) in [6.45, 7) is 21.6. The number of pyridine rings is 2. The van der Waals surface area contributed by atoms with Crippen LogP contribution in [0.1, 0.15) is 105 Å². The zero-order valence-electron chi connectivity index (χ0n) is 40.5. The number of hydrogen-bond donors (Lipinski definition) is 2. The molecule has 0 unspecified atom stereocenters. The summed E-state index contributed by atoms with van der Waals surface area (Å²) in [7, 11) is 0. The zero-order valence-corrected chi connectivity index (χ0v) is 48.7. The predicted molar refractivity (Wildman–Crippen MR) is 278 cm³/mol. The van der Waals surface area contributed by atoms with E-state index in [9.17, 15) is 9.59 Å². The van der Waals surface area contributed by atoms with Gasteiger partial charge in [0.25, 0.3) is 0 Å². The van der Waals surface area contributed by atoms with Crippen molar-refractivity contribution in [2.24, 2.45) is 0 Å². The molecule has 4 aromatic carbocycles. The average Bonchev–Trinajstić information content (AvgIpc) is 3.90. The first-order valence-electron chi connectivity index (χ1n) is 22.0. The maximum absolute atomic E-state index is 10.0. The Morgan fingerprint density at radius 3 is 1.37 bits per heavy atom. The molecule has 0 amide bonds. The van der Waals surface area contributed by atoms with Crippen LogP contribution in [0.25, 0.3) is 61.8 Å². The molecule has 0 saturated heterocycles. The summed E-state index contributed by atoms with van der Waals surface area (Å²) in [6.07, 6.45) is 6.45. The van der Waals surface area contributed by atoms with E-state index in [4.69, 9.17) is 15.2 Å². The summed E-state index contributed by atoms with van der Waals surface area (Å²) >= 11 is 0.625. The van der Waals surface area contributed by atoms with Crippen LogP contribution in [-0.4, -0.2) is 60.8 Å². The Bertz CT molecular complexity index is 2890. The molecule has 0 bridgehead atoms. The van der Waals surface area contributed by atoms with Crippen molar-refractivity contribution in [3.05, 3.63) is 180 Å². The number of aliphatic hydroxyl groups is 2. The van der Waals surface area contributed by atoms with Crippen LogP contribution < -0.4 is 0 Å². The van der Waals surface area contributed by atoms with Gasteiger partial charge in [-0.15, -0.1) is 0 Å². The second-order valence-electron chi connectivity index (χ2n) is 17.7. The van der Waals surface area contributed by atoms with Crippen molar-refractivity contribution in [1.29, 1.82) is 0 Å². The summed E-state index contributed by atoms with van der Waals surface area (Å²) < 4.78 is 5.66. The molecule has 2 N–H and O–H groups in total. The largest absolute Gasteiger partial charge is 0 e. The van der Waals surface area contributed by atoms with Crippen molar-refractivity contribution in [3.63, 3.8) is 0 Å². The van der Waals surface area contributed by atoms with Crippen molar-refractivity contribution < 1.29 is 60.0 Å². The molecule has 10 heteroatoms. The van der Waals surface area contributed by atoms with Gasteiger partial charge in [-0.2, -0.15) is 0 Å². The van der Waals surface area contributed by atoms with Gasteiger partial charge in [0, 0.05) is 52.4 Å². The van der Waals surface area contributed by atoms with Crippen molar-refractivity contribution in [2.45, 2.75) is 93.4 Å². The molecule has 68 heavy (non-hydrogen) atoms. The number of allylic oxidation sites excluding steroid dienone is 4. The Balaban J connectivity index is 0.000000276. The smallest absolute Gasteiger partial charge is 0 e. The first-order valence-corrected chi connectivity index (χ1v) is 25.5. The van der Waals surface area contributed by atoms with Gasteiger partial charge in [-0.3, -0.25) is 9.59 Å². The Kier molecular flexibility index (Phi) is 22.9. The fourth-order valence-electron chi connectivity index (χ4n) is 7.12. The Morgan fingerprint density at radius 2 is 1.01 bits per heavy atom. The summed E-state index contributed by atoms with van der Waals surface area (Å²) in [6, 6.07) is 47.6. The van der Waals surface area contributed by atoms with E-state index in [-0.39, 0.29) is 68.7 Å². The quantitative estimate of drug-likeness (QED) is 0.0680. The number of fused-ring (bicyclic) bond motifs is 2. The number of carbonyl (C=O) groups excluding carboxylic acids is 2. The topological polar surface area (TPSA) is 100 Å². The molecule has 0 saturated carbocycles. The summed E-state index contributed by atoms with van der Waals surface area (Å²) in [5, 5.41) is 19.3. The fourth-order valence-corrected chi connectivity index (χ4v) is 11.6. The van der Waals surface area contributed by atoms with Crippen LogP contribution >= 0.6 is 0 Å². The van der Waals surface area contributed by atoms with Gasteiger partial charge in [0.2, 0.25) is 0 Å². The van der Waals surface area contributed by atoms with Gasteiger partial charge in [-0.1, -0.05) is 0 Å². The minimum Gasteiger partial charge on any atom is 0 e. The maximum Gasteiger partial charge on any atom is 0 e. The van der Waals surface area contributed by atoms with Crippen LogP contribution in [0.3, 0.4) is 0 Å². The number of aliphatic hydroxyl groups excluding tert-OH is 2. The van der Waals surface area contributed by atoms with Crippen LogP contribution in [0.2, 0.25) is 0 Å². The molecule has 4 heterocycles. The monoisotopic (exact) mass is 1390 g/mol. The van der Waals surface area contributed by atoms with Crippen molar-refractivity contribution >= 4 is 59.9 Å². The standard InChI is InChI=1S/C25H24NSe.C23H20NSe.2C5H8O2.2Ir/c1-16(2)20-11-8-12-21(17(3)4)25(20)23-14-19-13-22(26-15-24(19)27-23)18-9-6-5-7-10-18;1-23(2,3)19-11-9-17(10-12-19)21-14-18-13-20(24-15-22(18)25-21)16-7-5-4-6-8-16;2*1-4(6)3-5(2)7;;/h5-9,11-17H,1-4H3;4-7,9-15H,1-3H3;2*3,6H,1-2H3;;/q2*-1;;;;. The van der Waals surface area contributed by atoms with Crippen LogP contribution in [0.15, 0.2) is 151 Å². The minimum absolute atomic E-state index is 0. The summed E-state index contributed by atoms with van der Waals surface area (Å²) in [4.78, 5) is 29.4. The van der Waals surface area contributed by atoms with E-state index in [1.165, 1.54) is 95.8 Å². The van der Waals surface area contributed by atoms with E-state index in [0.717, 1.165) is 22.5 Å². The molecule has 0 aliphatic heterocycles. The first kappa shape index (κ1) is 57.7. The minimum atomic E-state index is -0.125. The third-order valence-corrected chi connectivity index (χ3v) is 15.0. The second-order valence-corrected chi connectivity index (χ2v) is 22.3. The molecule has 0 aliphatic carbocycles. The predicted octanol–water partition coefficient (Wildman–Crippen LogP) is 14.5. The van der Waals surface area contributed by atoms with Gasteiger partial charge in [0.15, 0.2) is 11.6 Å². The average molecular weight is 1390 g/mol. The summed E-state index contributed by atoms with van der Waals surface area (Å²) in [5.74, 6) is 0.915. The van der Waals surface area contributed by atoms with Gasteiger partial charge < -0.3 is 10.2 Å². The van der Waals surface area contributed by atoms with Gasteiger partial charge in [-0.05, 0) is 27.7 Å². The van der Waals surface area contributed by atoms with Crippen LogP contribution in [0.4, 0.5) is 0 Å². The number of rotatable bonds is 8. The van der Waals surface area contributed by atoms with Gasteiger partial charge in [0.1, 0.15) is 0 Å². The molecule has 358 valence electrons. The van der Waals surface area contributed by atoms with E-state index in [1.807, 2.05) is 42.6 Å². The SMILES string of the molecule is CC(=O)C=C(C)O.CC(=O)C=C(C)O.CC(C)(C)c1ccc(-c2cc3cc(-c4[c-]cccc4)ncc3[se]2)cc1.CC(C)c1cccc(C(C)C)c1-c1cc2cc(-c3[c-]cccc3)ncc2[se]1.[Ir].[Ir]. The van der Waals surface area contributed by atoms with E-state index >= 15 is 0 Å². The Labute approximate surface area is 442 Å². The number of ketones is 2. The third-order valence-electron chi connectivity index (χ3n) is 10.3. The van der Waals surface area contributed by atoms with Crippen LogP contribution in [-0.2, 0) is 55.2 Å². The molecule has 0 spiro atoms. The molecule has 0 aliphatic rings. The van der Waals surface area contributed by atoms with E-state index in [1.54, 1.807) is 0 Å². The van der Waals surface area contributed by atoms with E-state index < -0.39 is 0 Å². The molecule has 8 aromatic rings. The molecule has 6 nitrogen and oxygen atoms in total. The van der Waals surface area contributed by atoms with Crippen molar-refractivity contribution in [3.8, 4) is 42.5 Å². The number of benzene rings is 4. The second kappa shape index (κ2) is 27.0. The van der Waals surface area contributed by atoms with Gasteiger partial charge in [-0.25, -0.2) is 0 Å². The zero-order chi connectivity index (χ0) is 48.1. The van der Waals surface area contributed by atoms with Crippen molar-refractivity contribution in [1.82, 2.24) is 9.97 Å². The number of hydrogen-bond acceptors (Lipinski definition) is 6. The maximum atomic E-state index is 10.0. The normalized spacial score (nSPS) is 11.3. The Hall–Kier alpha value is -4.58. The van der Waals surface area contributed by atoms with Crippen LogP contribution in [0, 0.1) is 12.1 Å². The molecule has 2 radical (unpaired) electrons. The van der Waals surface area contributed by atoms with Crippen LogP contribution in [0.5, 0.6) is 0 Å². The first-order chi connectivity index (χ1) is 31.3. The molecule has 0 atom stereocenters. The number of aromatic nitrogens is 2. The fraction of sp³-hybridized carbons (Fsp3) is 0.241. The molecular weight excluding hydrogens is 1330 g/mol. The molecule has 8 rings (SSSR count).